The van der Waals surface area contributed by atoms with E-state index in [1.165, 1.54) is 11.3 Å². The predicted molar refractivity (Wildman–Crippen MR) is 57.1 cm³/mol. The van der Waals surface area contributed by atoms with Crippen LogP contribution in [0.5, 0.6) is 0 Å². The first-order chi connectivity index (χ1) is 6.74. The molecule has 1 aliphatic heterocycles. The number of nitriles is 1. The highest BCUT2D eigenvalue weighted by molar-refractivity contribution is 5.57. The lowest BCUT2D eigenvalue weighted by Crippen LogP contribution is -2.40. The average Bonchev–Trinajstić information content (AvgIpc) is 2.18. The molecule has 1 heterocycles. The molecule has 1 aromatic rings. The fourth-order valence-electron chi connectivity index (χ4n) is 2.23. The number of hydrogen-bond acceptors (Lipinski definition) is 2. The van der Waals surface area contributed by atoms with Gasteiger partial charge in [0.1, 0.15) is 6.04 Å². The molecule has 0 amide bonds. The number of nitrogens with zero attached hydrogens (tertiary/aromatic N) is 2. The van der Waals surface area contributed by atoms with Crippen LogP contribution in [0, 0.1) is 17.2 Å². The van der Waals surface area contributed by atoms with Crippen molar-refractivity contribution in [2.45, 2.75) is 19.4 Å². The maximum Gasteiger partial charge on any atom is 0.119 e. The zero-order valence-electron chi connectivity index (χ0n) is 8.57. The number of para-hydroxylation sites is 1. The van der Waals surface area contributed by atoms with E-state index in [0.29, 0.717) is 5.92 Å². The van der Waals surface area contributed by atoms with Crippen molar-refractivity contribution in [3.05, 3.63) is 29.8 Å². The molecule has 0 spiro atoms. The van der Waals surface area contributed by atoms with Gasteiger partial charge in [-0.2, -0.15) is 5.26 Å². The van der Waals surface area contributed by atoms with Crippen LogP contribution in [0.3, 0.4) is 0 Å². The highest BCUT2D eigenvalue weighted by Gasteiger charge is 2.28. The number of rotatable bonds is 0. The lowest BCUT2D eigenvalue weighted by atomic mass is 9.88. The van der Waals surface area contributed by atoms with Crippen molar-refractivity contribution in [3.63, 3.8) is 0 Å². The largest absolute Gasteiger partial charge is 0.358 e. The van der Waals surface area contributed by atoms with Crippen LogP contribution >= 0.6 is 0 Å². The number of anilines is 1. The molecule has 2 heteroatoms. The topological polar surface area (TPSA) is 27.0 Å². The SMILES string of the molecule is C[C@@H]1Cc2ccccc2N(C)[C@H]1C#N. The molecule has 0 radical (unpaired) electrons. The summed E-state index contributed by atoms with van der Waals surface area (Å²) >= 11 is 0. The van der Waals surface area contributed by atoms with Gasteiger partial charge in [0.05, 0.1) is 6.07 Å². The van der Waals surface area contributed by atoms with Crippen LogP contribution in [0.4, 0.5) is 5.69 Å². The van der Waals surface area contributed by atoms with Crippen molar-refractivity contribution < 1.29 is 0 Å². The van der Waals surface area contributed by atoms with E-state index in [1.54, 1.807) is 0 Å². The Hall–Kier alpha value is -1.49. The summed E-state index contributed by atoms with van der Waals surface area (Å²) in [4.78, 5) is 2.09. The van der Waals surface area contributed by atoms with Crippen LogP contribution in [-0.2, 0) is 6.42 Å². The standard InChI is InChI=1S/C12H14N2/c1-9-7-10-5-3-4-6-11(10)14(2)12(9)8-13/h3-6,9,12H,7H2,1-2H3/t9-,12+/m1/s1. The third-order valence-electron chi connectivity index (χ3n) is 3.00. The highest BCUT2D eigenvalue weighted by Crippen LogP contribution is 2.31. The second kappa shape index (κ2) is 3.34. The summed E-state index contributed by atoms with van der Waals surface area (Å²) in [6.45, 7) is 2.14. The average molecular weight is 186 g/mol. The van der Waals surface area contributed by atoms with Gasteiger partial charge in [-0.3, -0.25) is 0 Å². The molecule has 14 heavy (non-hydrogen) atoms. The summed E-state index contributed by atoms with van der Waals surface area (Å²) in [5.74, 6) is 0.417. The first-order valence-corrected chi connectivity index (χ1v) is 4.94. The molecule has 72 valence electrons. The van der Waals surface area contributed by atoms with Gasteiger partial charge in [-0.15, -0.1) is 0 Å². The van der Waals surface area contributed by atoms with Crippen molar-refractivity contribution in [2.75, 3.05) is 11.9 Å². The Kier molecular flexibility index (Phi) is 2.17. The second-order valence-corrected chi connectivity index (χ2v) is 3.99. The molecule has 0 aliphatic carbocycles. The van der Waals surface area contributed by atoms with Gasteiger partial charge in [0.2, 0.25) is 0 Å². The first-order valence-electron chi connectivity index (χ1n) is 4.94. The van der Waals surface area contributed by atoms with Crippen molar-refractivity contribution in [2.24, 2.45) is 5.92 Å². The summed E-state index contributed by atoms with van der Waals surface area (Å²) < 4.78 is 0. The molecule has 1 aromatic carbocycles. The van der Waals surface area contributed by atoms with E-state index in [9.17, 15) is 0 Å². The number of hydrogen-bond donors (Lipinski definition) is 0. The molecule has 1 aliphatic rings. The Morgan fingerprint density at radius 3 is 2.86 bits per heavy atom. The lowest BCUT2D eigenvalue weighted by Gasteiger charge is -2.36. The van der Waals surface area contributed by atoms with Crippen LogP contribution in [0.2, 0.25) is 0 Å². The molecule has 2 rings (SSSR count). The molecule has 0 bridgehead atoms. The molecular formula is C12H14N2. The Bertz CT molecular complexity index is 378. The molecular weight excluding hydrogens is 172 g/mol. The zero-order valence-corrected chi connectivity index (χ0v) is 8.57. The fourth-order valence-corrected chi connectivity index (χ4v) is 2.23. The Morgan fingerprint density at radius 2 is 2.14 bits per heavy atom. The summed E-state index contributed by atoms with van der Waals surface area (Å²) in [5, 5.41) is 9.07. The molecule has 0 saturated carbocycles. The van der Waals surface area contributed by atoms with Crippen molar-refractivity contribution in [1.29, 1.82) is 5.26 Å². The summed E-state index contributed by atoms with van der Waals surface area (Å²) in [6, 6.07) is 10.7. The minimum absolute atomic E-state index is 0.0184. The molecule has 0 fully saturated rings. The third kappa shape index (κ3) is 1.26. The molecule has 0 aromatic heterocycles. The van der Waals surface area contributed by atoms with E-state index in [4.69, 9.17) is 5.26 Å². The third-order valence-corrected chi connectivity index (χ3v) is 3.00. The van der Waals surface area contributed by atoms with E-state index >= 15 is 0 Å². The van der Waals surface area contributed by atoms with E-state index in [0.717, 1.165) is 6.42 Å². The smallest absolute Gasteiger partial charge is 0.119 e. The monoisotopic (exact) mass is 186 g/mol. The van der Waals surface area contributed by atoms with Crippen molar-refractivity contribution in [1.82, 2.24) is 0 Å². The highest BCUT2D eigenvalue weighted by atomic mass is 15.1. The minimum Gasteiger partial charge on any atom is -0.358 e. The van der Waals surface area contributed by atoms with Gasteiger partial charge < -0.3 is 4.90 Å². The van der Waals surface area contributed by atoms with E-state index < -0.39 is 0 Å². The van der Waals surface area contributed by atoms with E-state index in [2.05, 4.69) is 36.1 Å². The Labute approximate surface area is 84.8 Å². The maximum absolute atomic E-state index is 9.07. The van der Waals surface area contributed by atoms with Gasteiger partial charge in [0, 0.05) is 12.7 Å². The lowest BCUT2D eigenvalue weighted by molar-refractivity contribution is 0.484. The first kappa shape index (κ1) is 9.08. The number of fused-ring (bicyclic) bond motifs is 1. The van der Waals surface area contributed by atoms with Crippen molar-refractivity contribution in [3.8, 4) is 6.07 Å². The summed E-state index contributed by atoms with van der Waals surface area (Å²) in [6.07, 6.45) is 1.01. The molecule has 0 saturated heterocycles. The molecule has 2 atom stereocenters. The normalized spacial score (nSPS) is 25.4. The quantitative estimate of drug-likeness (QED) is 0.621. The van der Waals surface area contributed by atoms with Crippen molar-refractivity contribution >= 4 is 5.69 Å². The Morgan fingerprint density at radius 1 is 1.43 bits per heavy atom. The van der Waals surface area contributed by atoms with Gasteiger partial charge in [-0.05, 0) is 24.0 Å². The van der Waals surface area contributed by atoms with E-state index in [1.807, 2.05) is 13.1 Å². The number of benzene rings is 1. The molecule has 0 N–H and O–H groups in total. The van der Waals surface area contributed by atoms with E-state index in [-0.39, 0.29) is 6.04 Å². The fraction of sp³-hybridized carbons (Fsp3) is 0.417. The van der Waals surface area contributed by atoms with Crippen LogP contribution in [-0.4, -0.2) is 13.1 Å². The maximum atomic E-state index is 9.07. The van der Waals surface area contributed by atoms with Gasteiger partial charge in [0.25, 0.3) is 0 Å². The predicted octanol–water partition coefficient (Wildman–Crippen LogP) is 2.21. The summed E-state index contributed by atoms with van der Waals surface area (Å²) in [5.41, 5.74) is 2.56. The van der Waals surface area contributed by atoms with Gasteiger partial charge in [-0.1, -0.05) is 25.1 Å². The second-order valence-electron chi connectivity index (χ2n) is 3.99. The van der Waals surface area contributed by atoms with Crippen LogP contribution in [0.25, 0.3) is 0 Å². The van der Waals surface area contributed by atoms with Gasteiger partial charge in [0.15, 0.2) is 0 Å². The van der Waals surface area contributed by atoms with Crippen LogP contribution < -0.4 is 4.90 Å². The zero-order chi connectivity index (χ0) is 10.1. The van der Waals surface area contributed by atoms with Crippen LogP contribution in [0.1, 0.15) is 12.5 Å². The summed E-state index contributed by atoms with van der Waals surface area (Å²) in [7, 11) is 2.00. The Balaban J connectivity index is 2.44. The molecule has 2 nitrogen and oxygen atoms in total. The van der Waals surface area contributed by atoms with Gasteiger partial charge in [-0.25, -0.2) is 0 Å². The van der Waals surface area contributed by atoms with Gasteiger partial charge >= 0.3 is 0 Å². The van der Waals surface area contributed by atoms with Crippen LogP contribution in [0.15, 0.2) is 24.3 Å². The molecule has 0 unspecified atom stereocenters. The minimum atomic E-state index is 0.0184.